The molecule has 1 aliphatic heterocycles. The Morgan fingerprint density at radius 3 is 2.48 bits per heavy atom. The van der Waals surface area contributed by atoms with Gasteiger partial charge in [-0.3, -0.25) is 4.79 Å². The molecule has 6 nitrogen and oxygen atoms in total. The van der Waals surface area contributed by atoms with Crippen LogP contribution < -0.4 is 4.74 Å². The predicted molar refractivity (Wildman–Crippen MR) is 122 cm³/mol. The van der Waals surface area contributed by atoms with Crippen LogP contribution in [-0.4, -0.2) is 56.5 Å². The summed E-state index contributed by atoms with van der Waals surface area (Å²) < 4.78 is 32.4. The van der Waals surface area contributed by atoms with Crippen LogP contribution in [0.2, 0.25) is 0 Å². The molecule has 1 atom stereocenters. The van der Waals surface area contributed by atoms with Crippen LogP contribution in [0, 0.1) is 5.92 Å². The molecule has 3 rings (SSSR count). The summed E-state index contributed by atoms with van der Waals surface area (Å²) in [6, 6.07) is 17.5. The molecule has 0 aromatic heterocycles. The molecule has 2 aromatic carbocycles. The monoisotopic (exact) mass is 444 g/mol. The zero-order valence-corrected chi connectivity index (χ0v) is 19.2. The molecule has 1 fully saturated rings. The first kappa shape index (κ1) is 23.3. The third kappa shape index (κ3) is 6.55. The first-order valence-corrected chi connectivity index (χ1v) is 12.4. The minimum atomic E-state index is -3.36. The van der Waals surface area contributed by atoms with Crippen LogP contribution in [-0.2, 0) is 27.8 Å². The van der Waals surface area contributed by atoms with Gasteiger partial charge in [-0.1, -0.05) is 42.5 Å². The number of hydrogen-bond donors (Lipinski definition) is 0. The molecule has 1 aliphatic rings. The fraction of sp³-hybridized carbons (Fsp3) is 0.458. The predicted octanol–water partition coefficient (Wildman–Crippen LogP) is 3.33. The first-order valence-electron chi connectivity index (χ1n) is 10.8. The third-order valence-corrected chi connectivity index (χ3v) is 7.72. The van der Waals surface area contributed by atoms with Crippen LogP contribution >= 0.6 is 0 Å². The lowest BCUT2D eigenvalue weighted by Crippen LogP contribution is -2.46. The molecule has 0 N–H and O–H groups in total. The summed E-state index contributed by atoms with van der Waals surface area (Å²) in [6.45, 7) is 1.27. The number of nitrogens with zero attached hydrogens (tertiary/aromatic N) is 2. The van der Waals surface area contributed by atoms with E-state index in [2.05, 4.69) is 0 Å². The summed E-state index contributed by atoms with van der Waals surface area (Å²) in [4.78, 5) is 14.7. The molecule has 1 heterocycles. The Labute approximate surface area is 185 Å². The molecule has 1 saturated heterocycles. The zero-order chi connectivity index (χ0) is 22.3. The van der Waals surface area contributed by atoms with Gasteiger partial charge < -0.3 is 9.64 Å². The molecule has 1 unspecified atom stereocenters. The number of benzene rings is 2. The van der Waals surface area contributed by atoms with Gasteiger partial charge in [0.05, 0.1) is 18.8 Å². The highest BCUT2D eigenvalue weighted by molar-refractivity contribution is 7.89. The number of hydrogen-bond acceptors (Lipinski definition) is 4. The molecule has 2 aromatic rings. The maximum Gasteiger partial charge on any atom is 0.227 e. The topological polar surface area (TPSA) is 66.9 Å². The highest BCUT2D eigenvalue weighted by Gasteiger charge is 2.33. The van der Waals surface area contributed by atoms with Crippen LogP contribution in [0.4, 0.5) is 0 Å². The molecule has 0 radical (unpaired) electrons. The van der Waals surface area contributed by atoms with Crippen molar-refractivity contribution in [3.63, 3.8) is 0 Å². The molecular formula is C24H32N2O4S. The van der Waals surface area contributed by atoms with Crippen molar-refractivity contribution in [1.29, 1.82) is 0 Å². The van der Waals surface area contributed by atoms with E-state index in [4.69, 9.17) is 4.74 Å². The van der Waals surface area contributed by atoms with Crippen LogP contribution in [0.1, 0.15) is 30.4 Å². The average molecular weight is 445 g/mol. The quantitative estimate of drug-likeness (QED) is 0.595. The first-order chi connectivity index (χ1) is 14.9. The second-order valence-electron chi connectivity index (χ2n) is 8.14. The van der Waals surface area contributed by atoms with Gasteiger partial charge in [0.2, 0.25) is 15.9 Å². The fourth-order valence-electron chi connectivity index (χ4n) is 4.02. The summed E-state index contributed by atoms with van der Waals surface area (Å²) in [6.07, 6.45) is 2.76. The van der Waals surface area contributed by atoms with E-state index < -0.39 is 10.0 Å². The summed E-state index contributed by atoms with van der Waals surface area (Å²) in [5.41, 5.74) is 2.16. The molecule has 0 bridgehead atoms. The van der Waals surface area contributed by atoms with Gasteiger partial charge >= 0.3 is 0 Å². The third-order valence-electron chi connectivity index (χ3n) is 5.79. The maximum absolute atomic E-state index is 13.0. The summed E-state index contributed by atoms with van der Waals surface area (Å²) in [5, 5.41) is 0. The molecule has 168 valence electrons. The Bertz CT molecular complexity index is 945. The van der Waals surface area contributed by atoms with Crippen molar-refractivity contribution in [3.05, 3.63) is 65.7 Å². The Kier molecular flexibility index (Phi) is 8.09. The number of carbonyl (C=O) groups excluding carboxylic acids is 1. The largest absolute Gasteiger partial charge is 0.497 e. The zero-order valence-electron chi connectivity index (χ0n) is 18.4. The van der Waals surface area contributed by atoms with Crippen LogP contribution in [0.3, 0.4) is 0 Å². The lowest BCUT2D eigenvalue weighted by molar-refractivity contribution is -0.135. The van der Waals surface area contributed by atoms with E-state index in [1.807, 2.05) is 54.6 Å². The number of amides is 1. The molecule has 0 aliphatic carbocycles. The van der Waals surface area contributed by atoms with Crippen molar-refractivity contribution in [2.75, 3.05) is 33.0 Å². The number of aryl methyl sites for hydroxylation is 1. The van der Waals surface area contributed by atoms with Gasteiger partial charge in [0.15, 0.2) is 0 Å². The smallest absolute Gasteiger partial charge is 0.227 e. The molecule has 31 heavy (non-hydrogen) atoms. The van der Waals surface area contributed by atoms with Gasteiger partial charge in [-0.05, 0) is 48.9 Å². The normalized spacial score (nSPS) is 17.3. The molecule has 1 amide bonds. The highest BCUT2D eigenvalue weighted by atomic mass is 32.2. The van der Waals surface area contributed by atoms with Gasteiger partial charge in [0.1, 0.15) is 5.75 Å². The Balaban J connectivity index is 1.53. The van der Waals surface area contributed by atoms with E-state index in [-0.39, 0.29) is 24.1 Å². The molecule has 7 heteroatoms. The van der Waals surface area contributed by atoms with Crippen molar-refractivity contribution in [1.82, 2.24) is 9.21 Å². The van der Waals surface area contributed by atoms with Crippen molar-refractivity contribution in [3.8, 4) is 5.75 Å². The van der Waals surface area contributed by atoms with Crippen molar-refractivity contribution in [2.24, 2.45) is 5.92 Å². The van der Waals surface area contributed by atoms with Gasteiger partial charge in [-0.2, -0.15) is 0 Å². The van der Waals surface area contributed by atoms with E-state index in [1.165, 1.54) is 4.31 Å². The number of ether oxygens (including phenoxy) is 1. The van der Waals surface area contributed by atoms with E-state index in [0.717, 1.165) is 29.7 Å². The summed E-state index contributed by atoms with van der Waals surface area (Å²) in [7, 11) is 0.0344. The second kappa shape index (κ2) is 10.8. The SMILES string of the molecule is COc1ccc(CN(C)C(=O)C2CCCN(S(=O)(=O)CCCc3ccccc3)C2)cc1. The minimum Gasteiger partial charge on any atom is -0.497 e. The Hall–Kier alpha value is -2.38. The number of carbonyl (C=O) groups is 1. The Morgan fingerprint density at radius 1 is 1.10 bits per heavy atom. The standard InChI is InChI=1S/C24H32N2O4S/c1-25(18-21-12-14-23(30-2)15-13-21)24(27)22-11-6-16-26(19-22)31(28,29)17-7-10-20-8-4-3-5-9-20/h3-5,8-9,12-15,22H,6-7,10-11,16-19H2,1-2H3. The van der Waals surface area contributed by atoms with Gasteiger partial charge in [-0.25, -0.2) is 12.7 Å². The lowest BCUT2D eigenvalue weighted by atomic mass is 9.98. The number of sulfonamides is 1. The second-order valence-corrected chi connectivity index (χ2v) is 10.2. The molecular weight excluding hydrogens is 412 g/mol. The van der Waals surface area contributed by atoms with E-state index in [9.17, 15) is 13.2 Å². The van der Waals surface area contributed by atoms with Gasteiger partial charge in [0, 0.05) is 26.7 Å². The maximum atomic E-state index is 13.0. The van der Waals surface area contributed by atoms with E-state index >= 15 is 0 Å². The van der Waals surface area contributed by atoms with Gasteiger partial charge in [-0.15, -0.1) is 0 Å². The number of methoxy groups -OCH3 is 1. The van der Waals surface area contributed by atoms with Crippen LogP contribution in [0.25, 0.3) is 0 Å². The Morgan fingerprint density at radius 2 is 1.81 bits per heavy atom. The van der Waals surface area contributed by atoms with Crippen molar-refractivity contribution in [2.45, 2.75) is 32.2 Å². The average Bonchev–Trinajstić information content (AvgIpc) is 2.79. The van der Waals surface area contributed by atoms with Crippen LogP contribution in [0.15, 0.2) is 54.6 Å². The van der Waals surface area contributed by atoms with Crippen molar-refractivity contribution >= 4 is 15.9 Å². The molecule has 0 spiro atoms. The summed E-state index contributed by atoms with van der Waals surface area (Å²) >= 11 is 0. The van der Waals surface area contributed by atoms with E-state index in [0.29, 0.717) is 25.9 Å². The van der Waals surface area contributed by atoms with Gasteiger partial charge in [0.25, 0.3) is 0 Å². The number of rotatable bonds is 9. The number of piperidine rings is 1. The highest BCUT2D eigenvalue weighted by Crippen LogP contribution is 2.23. The van der Waals surface area contributed by atoms with Crippen molar-refractivity contribution < 1.29 is 17.9 Å². The molecule has 0 saturated carbocycles. The van der Waals surface area contributed by atoms with Crippen LogP contribution in [0.5, 0.6) is 5.75 Å². The fourth-order valence-corrected chi connectivity index (χ4v) is 5.61. The lowest BCUT2D eigenvalue weighted by Gasteiger charge is -2.33. The van der Waals surface area contributed by atoms with E-state index in [1.54, 1.807) is 19.1 Å². The summed E-state index contributed by atoms with van der Waals surface area (Å²) in [5.74, 6) is 0.601. The minimum absolute atomic E-state index is 0.00000334.